The van der Waals surface area contributed by atoms with Gasteiger partial charge in [0.1, 0.15) is 48.1 Å². The van der Waals surface area contributed by atoms with Gasteiger partial charge in [-0.2, -0.15) is 0 Å². The Morgan fingerprint density at radius 1 is 0.852 bits per heavy atom. The molecule has 0 amide bonds. The van der Waals surface area contributed by atoms with Crippen LogP contribution in [0.3, 0.4) is 0 Å². The number of carbonyl (C=O) groups is 7. The van der Waals surface area contributed by atoms with Crippen LogP contribution in [0.5, 0.6) is 0 Å². The van der Waals surface area contributed by atoms with Gasteiger partial charge in [0.15, 0.2) is 23.9 Å². The van der Waals surface area contributed by atoms with E-state index in [4.69, 9.17) is 37.9 Å². The van der Waals surface area contributed by atoms with Crippen LogP contribution in [0.15, 0.2) is 18.5 Å². The van der Waals surface area contributed by atoms with Gasteiger partial charge in [0.2, 0.25) is 0 Å². The predicted molar refractivity (Wildman–Crippen MR) is 176 cm³/mol. The third kappa shape index (κ3) is 6.17. The molecule has 296 valence electrons. The first kappa shape index (κ1) is 40.5. The number of hydrogen-bond donors (Lipinski definition) is 2. The Morgan fingerprint density at radius 3 is 2.00 bits per heavy atom. The summed E-state index contributed by atoms with van der Waals surface area (Å²) in [4.78, 5) is 96.4. The molecule has 54 heavy (non-hydrogen) atoms. The van der Waals surface area contributed by atoms with E-state index in [1.807, 2.05) is 0 Å². The minimum absolute atomic E-state index is 0.0279. The summed E-state index contributed by atoms with van der Waals surface area (Å²) in [5.41, 5.74) is -9.74. The third-order valence-corrected chi connectivity index (χ3v) is 11.2. The van der Waals surface area contributed by atoms with Crippen LogP contribution in [0.25, 0.3) is 0 Å². The van der Waals surface area contributed by atoms with Gasteiger partial charge in [-0.05, 0) is 31.4 Å². The van der Waals surface area contributed by atoms with E-state index in [1.54, 1.807) is 6.92 Å². The Bertz CT molecular complexity index is 1740. The summed E-state index contributed by atoms with van der Waals surface area (Å²) < 4.78 is 47.5. The van der Waals surface area contributed by atoms with Crippen molar-refractivity contribution in [2.45, 2.75) is 122 Å². The second-order valence-electron chi connectivity index (χ2n) is 14.8. The summed E-state index contributed by atoms with van der Waals surface area (Å²) in [5, 5.41) is 25.9. The minimum Gasteiger partial charge on any atom is -0.465 e. The van der Waals surface area contributed by atoms with Crippen molar-refractivity contribution in [2.75, 3.05) is 13.2 Å². The molecule has 0 radical (unpaired) electrons. The van der Waals surface area contributed by atoms with Gasteiger partial charge in [0.25, 0.3) is 0 Å². The monoisotopic (exact) mass is 763 g/mol. The van der Waals surface area contributed by atoms with E-state index in [0.29, 0.717) is 5.56 Å². The van der Waals surface area contributed by atoms with Crippen LogP contribution in [0, 0.1) is 17.3 Å². The van der Waals surface area contributed by atoms with E-state index >= 15 is 0 Å². The van der Waals surface area contributed by atoms with Crippen molar-refractivity contribution in [3.8, 4) is 0 Å². The van der Waals surface area contributed by atoms with Crippen LogP contribution in [-0.4, -0.2) is 124 Å². The molecule has 1 spiro atoms. The lowest BCUT2D eigenvalue weighted by Gasteiger charge is -2.67. The number of fused-ring (bicyclic) bond motifs is 5. The summed E-state index contributed by atoms with van der Waals surface area (Å²) >= 11 is 0. The molecule has 4 aliphatic rings. The quantitative estimate of drug-likeness (QED) is 0.295. The van der Waals surface area contributed by atoms with Gasteiger partial charge in [-0.3, -0.25) is 33.8 Å². The number of carbonyl (C=O) groups excluding carboxylic acids is 7. The fraction of sp³-hybridized carbons (Fsp3) is 0.667. The molecule has 3 heterocycles. The first-order chi connectivity index (χ1) is 25.1. The van der Waals surface area contributed by atoms with E-state index in [9.17, 15) is 43.8 Å². The zero-order valence-electron chi connectivity index (χ0n) is 31.3. The van der Waals surface area contributed by atoms with Crippen LogP contribution in [0.4, 0.5) is 0 Å². The SMILES string of the molecule is CC(=O)OC[C@]12[C@H](OC(C)=O)[C@H](OC(C)=O)[C@@H]3[C@@H](OC(C)=O)[C@@]14O[C@@]3(C)COC(=O)c1cnccc1C(C)C(C)C(=O)O[C@@H]([C@H](OC(C)=O)[C@@H]2O)[C@]4(C)O. The van der Waals surface area contributed by atoms with E-state index in [0.717, 1.165) is 41.5 Å². The van der Waals surface area contributed by atoms with Crippen molar-refractivity contribution in [3.63, 3.8) is 0 Å². The normalized spacial score (nSPS) is 39.8. The molecule has 2 unspecified atom stereocenters. The van der Waals surface area contributed by atoms with E-state index in [2.05, 4.69) is 4.98 Å². The van der Waals surface area contributed by atoms with Crippen LogP contribution in [0.2, 0.25) is 0 Å². The van der Waals surface area contributed by atoms with Crippen LogP contribution >= 0.6 is 0 Å². The predicted octanol–water partition coefficient (Wildman–Crippen LogP) is 0.463. The number of esters is 7. The van der Waals surface area contributed by atoms with Gasteiger partial charge in [0, 0.05) is 47.0 Å². The van der Waals surface area contributed by atoms with Gasteiger partial charge >= 0.3 is 41.8 Å². The van der Waals surface area contributed by atoms with E-state index in [1.165, 1.54) is 32.3 Å². The first-order valence-electron chi connectivity index (χ1n) is 17.3. The number of pyridine rings is 1. The Labute approximate surface area is 310 Å². The molecule has 4 bridgehead atoms. The van der Waals surface area contributed by atoms with Crippen molar-refractivity contribution in [2.24, 2.45) is 17.3 Å². The van der Waals surface area contributed by atoms with Gasteiger partial charge in [-0.15, -0.1) is 0 Å². The lowest BCUT2D eigenvalue weighted by atomic mass is 9.45. The summed E-state index contributed by atoms with van der Waals surface area (Å²) in [6.45, 7) is 8.86. The highest BCUT2D eigenvalue weighted by Gasteiger charge is 2.91. The van der Waals surface area contributed by atoms with Crippen molar-refractivity contribution in [1.82, 2.24) is 4.98 Å². The average Bonchev–Trinajstić information content (AvgIpc) is 3.29. The van der Waals surface area contributed by atoms with Crippen LogP contribution in [-0.2, 0) is 66.7 Å². The fourth-order valence-electron chi connectivity index (χ4n) is 8.98. The summed E-state index contributed by atoms with van der Waals surface area (Å²) in [6.07, 6.45) is -9.32. The molecule has 2 aliphatic carbocycles. The Balaban J connectivity index is 1.95. The number of rotatable bonds is 6. The largest absolute Gasteiger partial charge is 0.465 e. The number of aliphatic hydroxyl groups excluding tert-OH is 1. The van der Waals surface area contributed by atoms with Gasteiger partial charge < -0.3 is 48.1 Å². The highest BCUT2D eigenvalue weighted by Crippen LogP contribution is 2.69. The smallest absolute Gasteiger partial charge is 0.340 e. The number of aliphatic hydroxyl groups is 2. The molecular weight excluding hydrogens is 718 g/mol. The Morgan fingerprint density at radius 2 is 1.43 bits per heavy atom. The van der Waals surface area contributed by atoms with Crippen molar-refractivity contribution in [1.29, 1.82) is 0 Å². The lowest BCUT2D eigenvalue weighted by Crippen LogP contribution is -2.89. The second-order valence-corrected chi connectivity index (χ2v) is 14.8. The Kier molecular flexibility index (Phi) is 10.6. The molecule has 2 saturated carbocycles. The number of nitrogens with zero attached hydrogens (tertiary/aromatic N) is 1. The Hall–Kier alpha value is -4.68. The maximum atomic E-state index is 14.2. The highest BCUT2D eigenvalue weighted by molar-refractivity contribution is 5.91. The molecular formula is C36H45NO17. The molecule has 5 rings (SSSR count). The summed E-state index contributed by atoms with van der Waals surface area (Å²) in [7, 11) is 0. The molecule has 2 N–H and O–H groups in total. The van der Waals surface area contributed by atoms with Crippen LogP contribution in [0.1, 0.15) is 84.2 Å². The molecule has 1 aromatic heterocycles. The molecule has 18 heteroatoms. The van der Waals surface area contributed by atoms with Crippen molar-refractivity contribution in [3.05, 3.63) is 29.6 Å². The molecule has 1 saturated heterocycles. The van der Waals surface area contributed by atoms with Gasteiger partial charge in [0.05, 0.1) is 17.4 Å². The molecule has 0 aromatic carbocycles. The molecule has 2 aliphatic heterocycles. The topological polar surface area (TPSA) is 247 Å². The maximum absolute atomic E-state index is 14.2. The standard InChI is InChI=1S/C36H45NO17/c1-15-16(2)31(44)53-29-26(50-19(5)40)27(43)35(14-47-17(3)38)30(52-21(7)42)25(49-18(4)39)24-28(51-20(6)41)36(35,34(29,9)46)54-33(24,8)13-48-32(45)23-12-37-11-10-22(15)23/h10-12,15-16,24-30,43,46H,13-14H2,1-9H3/t15?,16?,24-,25-,26-,27+,28-,29+,30-,33+,34+,35+,36+/m1/s1. The fourth-order valence-corrected chi connectivity index (χ4v) is 8.98. The first-order valence-corrected chi connectivity index (χ1v) is 17.3. The van der Waals surface area contributed by atoms with E-state index in [-0.39, 0.29) is 5.56 Å². The molecule has 18 nitrogen and oxygen atoms in total. The summed E-state index contributed by atoms with van der Waals surface area (Å²) in [6, 6.07) is 1.51. The average molecular weight is 764 g/mol. The zero-order valence-corrected chi connectivity index (χ0v) is 31.3. The third-order valence-electron chi connectivity index (χ3n) is 11.2. The maximum Gasteiger partial charge on any atom is 0.340 e. The van der Waals surface area contributed by atoms with Gasteiger partial charge in [-0.1, -0.05) is 13.8 Å². The highest BCUT2D eigenvalue weighted by atomic mass is 16.7. The lowest BCUT2D eigenvalue weighted by molar-refractivity contribution is -0.386. The minimum atomic E-state index is -2.77. The number of cyclic esters (lactones) is 1. The van der Waals surface area contributed by atoms with Crippen molar-refractivity contribution < 1.29 is 81.7 Å². The van der Waals surface area contributed by atoms with Crippen molar-refractivity contribution >= 4 is 41.8 Å². The zero-order chi connectivity index (χ0) is 40.3. The molecule has 3 fully saturated rings. The number of hydrogen-bond acceptors (Lipinski definition) is 18. The van der Waals surface area contributed by atoms with Crippen LogP contribution < -0.4 is 0 Å². The summed E-state index contributed by atoms with van der Waals surface area (Å²) in [5.74, 6) is -10.2. The number of aromatic nitrogens is 1. The second kappa shape index (κ2) is 14.2. The molecule has 13 atom stereocenters. The number of ether oxygens (including phenoxy) is 8. The molecule has 1 aromatic rings. The van der Waals surface area contributed by atoms with Gasteiger partial charge in [-0.25, -0.2) is 4.79 Å². The van der Waals surface area contributed by atoms with E-state index < -0.39 is 132 Å².